The number of thioether (sulfide) groups is 1. The normalized spacial score (nSPS) is 13.0. The van der Waals surface area contributed by atoms with Gasteiger partial charge < -0.3 is 14.8 Å². The summed E-state index contributed by atoms with van der Waals surface area (Å²) in [6, 6.07) is 14.7. The van der Waals surface area contributed by atoms with Crippen LogP contribution in [-0.4, -0.2) is 38.9 Å². The molecule has 1 aliphatic rings. The number of halogens is 1. The highest BCUT2D eigenvalue weighted by Gasteiger charge is 2.23. The molecule has 0 unspecified atom stereocenters. The summed E-state index contributed by atoms with van der Waals surface area (Å²) in [5.41, 5.74) is 2.74. The minimum atomic E-state index is -0.215. The summed E-state index contributed by atoms with van der Waals surface area (Å²) < 4.78 is 1.80. The topological polar surface area (TPSA) is 80.1 Å². The van der Waals surface area contributed by atoms with Crippen LogP contribution in [-0.2, 0) is 24.8 Å². The molecule has 1 N–H and O–H groups in total. The zero-order valence-electron chi connectivity index (χ0n) is 17.0. The third-order valence-corrected chi connectivity index (χ3v) is 6.43. The van der Waals surface area contributed by atoms with E-state index in [-0.39, 0.29) is 24.1 Å². The van der Waals surface area contributed by atoms with Gasteiger partial charge >= 0.3 is 0 Å². The first kappa shape index (κ1) is 21.4. The van der Waals surface area contributed by atoms with E-state index >= 15 is 0 Å². The predicted molar refractivity (Wildman–Crippen MR) is 121 cm³/mol. The van der Waals surface area contributed by atoms with Crippen LogP contribution in [0.4, 0.5) is 5.69 Å². The molecule has 160 valence electrons. The summed E-state index contributed by atoms with van der Waals surface area (Å²) >= 11 is 7.20. The molecule has 9 heteroatoms. The van der Waals surface area contributed by atoms with Crippen LogP contribution in [0.3, 0.4) is 0 Å². The number of nitrogens with one attached hydrogen (secondary N) is 1. The number of carbonyl (C=O) groups excluding carboxylic acids is 2. The molecule has 3 aromatic rings. The van der Waals surface area contributed by atoms with Gasteiger partial charge in [0.25, 0.3) is 5.91 Å². The number of benzene rings is 2. The van der Waals surface area contributed by atoms with Crippen molar-refractivity contribution in [2.75, 3.05) is 17.2 Å². The highest BCUT2D eigenvalue weighted by atomic mass is 35.5. The Labute approximate surface area is 189 Å². The van der Waals surface area contributed by atoms with Gasteiger partial charge in [-0.25, -0.2) is 0 Å². The van der Waals surface area contributed by atoms with Crippen LogP contribution in [0.25, 0.3) is 0 Å². The molecule has 0 aliphatic carbocycles. The van der Waals surface area contributed by atoms with E-state index in [9.17, 15) is 9.59 Å². The number of fused-ring (bicyclic) bond motifs is 1. The second-order valence-corrected chi connectivity index (χ2v) is 8.59. The SMILES string of the molecule is Cn1c(CNC(=O)c2ccc(Cl)cc2)nnc1SCC(=O)N1CCCc2ccccc21. The fourth-order valence-corrected chi connectivity index (χ4v) is 4.42. The van der Waals surface area contributed by atoms with Crippen molar-refractivity contribution in [3.63, 3.8) is 0 Å². The Balaban J connectivity index is 1.34. The summed E-state index contributed by atoms with van der Waals surface area (Å²) in [5.74, 6) is 0.725. The largest absolute Gasteiger partial charge is 0.345 e. The van der Waals surface area contributed by atoms with E-state index in [4.69, 9.17) is 11.6 Å². The molecule has 2 aromatic carbocycles. The molecule has 4 rings (SSSR count). The first-order chi connectivity index (χ1) is 15.0. The molecule has 7 nitrogen and oxygen atoms in total. The first-order valence-electron chi connectivity index (χ1n) is 9.96. The summed E-state index contributed by atoms with van der Waals surface area (Å²) in [4.78, 5) is 27.0. The molecule has 2 heterocycles. The van der Waals surface area contributed by atoms with E-state index in [1.807, 2.05) is 30.1 Å². The van der Waals surface area contributed by atoms with E-state index in [0.29, 0.717) is 21.6 Å². The van der Waals surface area contributed by atoms with Crippen LogP contribution < -0.4 is 10.2 Å². The molecule has 0 radical (unpaired) electrons. The molecule has 0 fully saturated rings. The number of anilines is 1. The maximum atomic E-state index is 12.8. The van der Waals surface area contributed by atoms with Crippen molar-refractivity contribution in [2.45, 2.75) is 24.5 Å². The van der Waals surface area contributed by atoms with Crippen LogP contribution >= 0.6 is 23.4 Å². The third kappa shape index (κ3) is 4.91. The van der Waals surface area contributed by atoms with Gasteiger partial charge in [0, 0.05) is 29.9 Å². The quantitative estimate of drug-likeness (QED) is 0.576. The lowest BCUT2D eigenvalue weighted by Crippen LogP contribution is -2.36. The lowest BCUT2D eigenvalue weighted by molar-refractivity contribution is -0.116. The molecule has 1 aliphatic heterocycles. The highest BCUT2D eigenvalue weighted by Crippen LogP contribution is 2.28. The van der Waals surface area contributed by atoms with Crippen molar-refractivity contribution in [1.82, 2.24) is 20.1 Å². The molecule has 0 spiro atoms. The van der Waals surface area contributed by atoms with Crippen molar-refractivity contribution in [2.24, 2.45) is 7.05 Å². The minimum Gasteiger partial charge on any atom is -0.345 e. The summed E-state index contributed by atoms with van der Waals surface area (Å²) in [6.07, 6.45) is 1.97. The molecule has 0 atom stereocenters. The van der Waals surface area contributed by atoms with Crippen LogP contribution in [0, 0.1) is 0 Å². The number of amides is 2. The van der Waals surface area contributed by atoms with Gasteiger partial charge in [0.05, 0.1) is 12.3 Å². The van der Waals surface area contributed by atoms with Gasteiger partial charge in [-0.15, -0.1) is 10.2 Å². The standard InChI is InChI=1S/C22H22ClN5O2S/c1-27-19(13-24-21(30)16-8-10-17(23)11-9-16)25-26-22(27)31-14-20(29)28-12-4-6-15-5-2-3-7-18(15)28/h2-3,5,7-11H,4,6,12-14H2,1H3,(H,24,30). The monoisotopic (exact) mass is 455 g/mol. The number of carbonyl (C=O) groups is 2. The predicted octanol–water partition coefficient (Wildman–Crippen LogP) is 3.47. The average Bonchev–Trinajstić information content (AvgIpc) is 3.15. The van der Waals surface area contributed by atoms with Gasteiger partial charge in [0.15, 0.2) is 11.0 Å². The van der Waals surface area contributed by atoms with E-state index in [1.54, 1.807) is 28.8 Å². The lowest BCUT2D eigenvalue weighted by atomic mass is 10.0. The van der Waals surface area contributed by atoms with Crippen LogP contribution in [0.1, 0.15) is 28.2 Å². The number of para-hydroxylation sites is 1. The second-order valence-electron chi connectivity index (χ2n) is 7.21. The lowest BCUT2D eigenvalue weighted by Gasteiger charge is -2.29. The molecule has 0 saturated heterocycles. The number of rotatable bonds is 6. The van der Waals surface area contributed by atoms with Gasteiger partial charge in [-0.1, -0.05) is 41.6 Å². The summed E-state index contributed by atoms with van der Waals surface area (Å²) in [6.45, 7) is 0.968. The Morgan fingerprint density at radius 3 is 2.71 bits per heavy atom. The van der Waals surface area contributed by atoms with E-state index in [0.717, 1.165) is 25.1 Å². The number of hydrogen-bond donors (Lipinski definition) is 1. The Bertz CT molecular complexity index is 1100. The fraction of sp³-hybridized carbons (Fsp3) is 0.273. The molecule has 31 heavy (non-hydrogen) atoms. The van der Waals surface area contributed by atoms with Crippen molar-refractivity contribution in [3.05, 3.63) is 70.5 Å². The van der Waals surface area contributed by atoms with Gasteiger partial charge in [0.1, 0.15) is 0 Å². The van der Waals surface area contributed by atoms with Gasteiger partial charge in [-0.05, 0) is 48.7 Å². The smallest absolute Gasteiger partial charge is 0.251 e. The van der Waals surface area contributed by atoms with Gasteiger partial charge in [0.2, 0.25) is 5.91 Å². The number of hydrogen-bond acceptors (Lipinski definition) is 5. The van der Waals surface area contributed by atoms with E-state index in [2.05, 4.69) is 21.6 Å². The summed E-state index contributed by atoms with van der Waals surface area (Å²) in [7, 11) is 1.83. The number of nitrogens with zero attached hydrogens (tertiary/aromatic N) is 4. The van der Waals surface area contributed by atoms with Crippen molar-refractivity contribution >= 4 is 40.9 Å². The minimum absolute atomic E-state index is 0.0535. The van der Waals surface area contributed by atoms with Crippen molar-refractivity contribution < 1.29 is 9.59 Å². The molecule has 2 amide bonds. The maximum Gasteiger partial charge on any atom is 0.251 e. The van der Waals surface area contributed by atoms with Crippen LogP contribution in [0.2, 0.25) is 5.02 Å². The average molecular weight is 456 g/mol. The third-order valence-electron chi connectivity index (χ3n) is 5.17. The van der Waals surface area contributed by atoms with Crippen molar-refractivity contribution in [1.29, 1.82) is 0 Å². The van der Waals surface area contributed by atoms with Gasteiger partial charge in [-0.2, -0.15) is 0 Å². The Hall–Kier alpha value is -2.84. The molecule has 1 aromatic heterocycles. The maximum absolute atomic E-state index is 12.8. The molecule has 0 bridgehead atoms. The number of aromatic nitrogens is 3. The zero-order valence-corrected chi connectivity index (χ0v) is 18.6. The molecular weight excluding hydrogens is 434 g/mol. The second kappa shape index (κ2) is 9.53. The van der Waals surface area contributed by atoms with Crippen LogP contribution in [0.5, 0.6) is 0 Å². The molecular formula is C22H22ClN5O2S. The Morgan fingerprint density at radius 1 is 1.13 bits per heavy atom. The Morgan fingerprint density at radius 2 is 1.90 bits per heavy atom. The van der Waals surface area contributed by atoms with Gasteiger partial charge in [-0.3, -0.25) is 9.59 Å². The van der Waals surface area contributed by atoms with Crippen molar-refractivity contribution in [3.8, 4) is 0 Å². The molecule has 0 saturated carbocycles. The van der Waals surface area contributed by atoms with E-state index < -0.39 is 0 Å². The first-order valence-corrected chi connectivity index (χ1v) is 11.3. The van der Waals surface area contributed by atoms with Crippen LogP contribution in [0.15, 0.2) is 53.7 Å². The highest BCUT2D eigenvalue weighted by molar-refractivity contribution is 7.99. The van der Waals surface area contributed by atoms with E-state index in [1.165, 1.54) is 17.3 Å². The zero-order chi connectivity index (χ0) is 21.8. The summed E-state index contributed by atoms with van der Waals surface area (Å²) in [5, 5.41) is 12.4. The Kier molecular flexibility index (Phi) is 6.58. The number of aryl methyl sites for hydroxylation is 1. The fourth-order valence-electron chi connectivity index (χ4n) is 3.48.